The molecule has 29 heavy (non-hydrogen) atoms. The van der Waals surface area contributed by atoms with E-state index in [2.05, 4.69) is 15.5 Å². The first kappa shape index (κ1) is 19.1. The largest absolute Gasteiger partial charge is 0.496 e. The van der Waals surface area contributed by atoms with Crippen LogP contribution in [0.2, 0.25) is 0 Å². The van der Waals surface area contributed by atoms with Crippen LogP contribution < -0.4 is 10.1 Å². The number of anilines is 1. The van der Waals surface area contributed by atoms with Crippen LogP contribution in [-0.2, 0) is 17.6 Å². The average Bonchev–Trinajstić information content (AvgIpc) is 3.44. The third-order valence-electron chi connectivity index (χ3n) is 5.02. The number of nitrogens with one attached hydrogen (secondary N) is 2. The molecule has 5 nitrogen and oxygen atoms in total. The molecule has 2 aromatic carbocycles. The van der Waals surface area contributed by atoms with Crippen molar-refractivity contribution in [2.45, 2.75) is 31.6 Å². The maximum absolute atomic E-state index is 14.0. The second kappa shape index (κ2) is 8.03. The number of hydrogen-bond acceptors (Lipinski definition) is 3. The van der Waals surface area contributed by atoms with Crippen molar-refractivity contribution in [3.63, 3.8) is 0 Å². The Morgan fingerprint density at radius 2 is 1.97 bits per heavy atom. The van der Waals surface area contributed by atoms with Crippen LogP contribution in [0.3, 0.4) is 0 Å². The molecule has 2 N–H and O–H groups in total. The summed E-state index contributed by atoms with van der Waals surface area (Å²) in [4.78, 5) is 12.5. The topological polar surface area (TPSA) is 67.0 Å². The van der Waals surface area contributed by atoms with Gasteiger partial charge in [0.15, 0.2) is 5.82 Å². The molecule has 0 unspecified atom stereocenters. The zero-order chi connectivity index (χ0) is 20.4. The molecule has 3 aromatic rings. The summed E-state index contributed by atoms with van der Waals surface area (Å²) in [5.74, 6) is 0.115. The fourth-order valence-electron chi connectivity index (χ4n) is 3.35. The molecule has 1 saturated carbocycles. The Balaban J connectivity index is 1.49. The fraction of sp³-hybridized carbons (Fsp3) is 0.273. The standard InChI is InChI=1S/C22H21F2N3O2/c1-29-20-8-5-13(10-16-17(23)3-2-4-18(16)24)9-15(20)11-22(28)25-21-12-19(26-27-21)14-6-7-14/h2-5,8-9,12,14H,6-7,10-11H2,1H3,(H2,25,26,27,28). The summed E-state index contributed by atoms with van der Waals surface area (Å²) in [5.41, 5.74) is 2.36. The monoisotopic (exact) mass is 397 g/mol. The molecule has 0 aliphatic heterocycles. The van der Waals surface area contributed by atoms with Gasteiger partial charge in [0, 0.05) is 35.2 Å². The van der Waals surface area contributed by atoms with E-state index in [1.165, 1.54) is 25.3 Å². The van der Waals surface area contributed by atoms with Crippen LogP contribution in [0, 0.1) is 11.6 Å². The predicted molar refractivity (Wildman–Crippen MR) is 105 cm³/mol. The zero-order valence-corrected chi connectivity index (χ0v) is 16.0. The van der Waals surface area contributed by atoms with Gasteiger partial charge in [0.05, 0.1) is 13.5 Å². The van der Waals surface area contributed by atoms with Crippen LogP contribution in [0.1, 0.15) is 41.1 Å². The minimum Gasteiger partial charge on any atom is -0.496 e. The molecule has 1 aromatic heterocycles. The van der Waals surface area contributed by atoms with Gasteiger partial charge in [-0.05, 0) is 36.6 Å². The quantitative estimate of drug-likeness (QED) is 0.623. The summed E-state index contributed by atoms with van der Waals surface area (Å²) in [7, 11) is 1.52. The number of nitrogens with zero attached hydrogens (tertiary/aromatic N) is 1. The van der Waals surface area contributed by atoms with Gasteiger partial charge in [0.1, 0.15) is 17.4 Å². The highest BCUT2D eigenvalue weighted by Gasteiger charge is 2.25. The van der Waals surface area contributed by atoms with Gasteiger partial charge in [-0.1, -0.05) is 18.2 Å². The number of ether oxygens (including phenoxy) is 1. The van der Waals surface area contributed by atoms with Crippen LogP contribution in [0.5, 0.6) is 5.75 Å². The maximum atomic E-state index is 14.0. The lowest BCUT2D eigenvalue weighted by Gasteiger charge is -2.11. The normalized spacial score (nSPS) is 13.3. The van der Waals surface area contributed by atoms with E-state index in [-0.39, 0.29) is 24.3 Å². The highest BCUT2D eigenvalue weighted by molar-refractivity contribution is 5.91. The Hall–Kier alpha value is -3.22. The van der Waals surface area contributed by atoms with Crippen molar-refractivity contribution in [3.8, 4) is 5.75 Å². The van der Waals surface area contributed by atoms with E-state index in [9.17, 15) is 13.6 Å². The Kier molecular flexibility index (Phi) is 5.29. The van der Waals surface area contributed by atoms with Gasteiger partial charge < -0.3 is 10.1 Å². The van der Waals surface area contributed by atoms with Crippen LogP contribution in [0.15, 0.2) is 42.5 Å². The minimum atomic E-state index is -0.592. The number of benzene rings is 2. The molecular formula is C22H21F2N3O2. The summed E-state index contributed by atoms with van der Waals surface area (Å²) < 4.78 is 33.3. The number of halogens is 2. The number of aromatic amines is 1. The first-order valence-corrected chi connectivity index (χ1v) is 9.47. The lowest BCUT2D eigenvalue weighted by molar-refractivity contribution is -0.115. The van der Waals surface area contributed by atoms with Gasteiger partial charge in [-0.15, -0.1) is 0 Å². The zero-order valence-electron chi connectivity index (χ0n) is 16.0. The Morgan fingerprint density at radius 3 is 2.66 bits per heavy atom. The van der Waals surface area contributed by atoms with E-state index >= 15 is 0 Å². The van der Waals surface area contributed by atoms with E-state index in [0.717, 1.165) is 18.5 Å². The molecule has 150 valence electrons. The van der Waals surface area contributed by atoms with E-state index < -0.39 is 11.6 Å². The van der Waals surface area contributed by atoms with Crippen molar-refractivity contribution in [1.29, 1.82) is 0 Å². The number of H-pyrrole nitrogens is 1. The van der Waals surface area contributed by atoms with Crippen LogP contribution >= 0.6 is 0 Å². The number of rotatable bonds is 7. The maximum Gasteiger partial charge on any atom is 0.230 e. The molecule has 1 aliphatic rings. The van der Waals surface area contributed by atoms with E-state index in [4.69, 9.17) is 4.74 Å². The van der Waals surface area contributed by atoms with Gasteiger partial charge in [-0.2, -0.15) is 5.10 Å². The SMILES string of the molecule is COc1ccc(Cc2c(F)cccc2F)cc1CC(=O)Nc1cc(C2CC2)[nH]n1. The molecule has 1 amide bonds. The summed E-state index contributed by atoms with van der Waals surface area (Å²) in [6.45, 7) is 0. The second-order valence-electron chi connectivity index (χ2n) is 7.23. The third kappa shape index (κ3) is 4.45. The van der Waals surface area contributed by atoms with Gasteiger partial charge >= 0.3 is 0 Å². The molecule has 0 saturated heterocycles. The number of aromatic nitrogens is 2. The third-order valence-corrected chi connectivity index (χ3v) is 5.02. The Labute approximate surface area is 167 Å². The highest BCUT2D eigenvalue weighted by Crippen LogP contribution is 2.39. The van der Waals surface area contributed by atoms with Crippen molar-refractivity contribution < 1.29 is 18.3 Å². The van der Waals surface area contributed by atoms with Crippen molar-refractivity contribution in [1.82, 2.24) is 10.2 Å². The number of carbonyl (C=O) groups is 1. The summed E-state index contributed by atoms with van der Waals surface area (Å²) >= 11 is 0. The van der Waals surface area contributed by atoms with Gasteiger partial charge in [0.2, 0.25) is 5.91 Å². The molecule has 1 fully saturated rings. The van der Waals surface area contributed by atoms with Crippen LogP contribution in [-0.4, -0.2) is 23.2 Å². The van der Waals surface area contributed by atoms with Crippen molar-refractivity contribution >= 4 is 11.7 Å². The molecule has 0 radical (unpaired) electrons. The van der Waals surface area contributed by atoms with E-state index in [1.54, 1.807) is 18.2 Å². The van der Waals surface area contributed by atoms with Crippen LogP contribution in [0.4, 0.5) is 14.6 Å². The molecule has 7 heteroatoms. The van der Waals surface area contributed by atoms with Crippen molar-refractivity contribution in [2.24, 2.45) is 0 Å². The lowest BCUT2D eigenvalue weighted by atomic mass is 10.00. The van der Waals surface area contributed by atoms with E-state index in [1.807, 2.05) is 6.07 Å². The molecule has 0 spiro atoms. The number of amides is 1. The molecular weight excluding hydrogens is 376 g/mol. The summed E-state index contributed by atoms with van der Waals surface area (Å²) in [6, 6.07) is 10.8. The molecule has 1 aliphatic carbocycles. The first-order valence-electron chi connectivity index (χ1n) is 9.47. The smallest absolute Gasteiger partial charge is 0.230 e. The van der Waals surface area contributed by atoms with Crippen molar-refractivity contribution in [3.05, 3.63) is 76.5 Å². The summed E-state index contributed by atoms with van der Waals surface area (Å²) in [5, 5.41) is 9.84. The fourth-order valence-corrected chi connectivity index (χ4v) is 3.35. The number of carbonyl (C=O) groups excluding carboxylic acids is 1. The van der Waals surface area contributed by atoms with Crippen molar-refractivity contribution in [2.75, 3.05) is 12.4 Å². The Bertz CT molecular complexity index is 1020. The number of hydrogen-bond donors (Lipinski definition) is 2. The summed E-state index contributed by atoms with van der Waals surface area (Å²) in [6.07, 6.45) is 2.42. The minimum absolute atomic E-state index is 0.00260. The van der Waals surface area contributed by atoms with Gasteiger partial charge in [0.25, 0.3) is 0 Å². The van der Waals surface area contributed by atoms with Gasteiger partial charge in [-0.3, -0.25) is 9.89 Å². The molecule has 1 heterocycles. The lowest BCUT2D eigenvalue weighted by Crippen LogP contribution is -2.15. The predicted octanol–water partition coefficient (Wildman–Crippen LogP) is 4.35. The van der Waals surface area contributed by atoms with Crippen LogP contribution in [0.25, 0.3) is 0 Å². The average molecular weight is 397 g/mol. The number of methoxy groups -OCH3 is 1. The molecule has 0 bridgehead atoms. The molecule has 4 rings (SSSR count). The first-order chi connectivity index (χ1) is 14.0. The van der Waals surface area contributed by atoms with E-state index in [0.29, 0.717) is 28.6 Å². The highest BCUT2D eigenvalue weighted by atomic mass is 19.1. The second-order valence-corrected chi connectivity index (χ2v) is 7.23. The Morgan fingerprint density at radius 1 is 1.21 bits per heavy atom. The van der Waals surface area contributed by atoms with Gasteiger partial charge in [-0.25, -0.2) is 8.78 Å². The molecule has 0 atom stereocenters.